The van der Waals surface area contributed by atoms with Gasteiger partial charge in [-0.3, -0.25) is 4.72 Å². The molecule has 3 N–H and O–H groups in total. The number of anilines is 2. The third-order valence-corrected chi connectivity index (χ3v) is 8.94. The van der Waals surface area contributed by atoms with Crippen molar-refractivity contribution in [1.82, 2.24) is 9.47 Å². The molecule has 0 radical (unpaired) electrons. The second-order valence-electron chi connectivity index (χ2n) is 10.1. The van der Waals surface area contributed by atoms with E-state index in [1.807, 2.05) is 37.3 Å². The largest absolute Gasteiger partial charge is 0.493 e. The molecule has 7 nitrogen and oxygen atoms in total. The molecular formula is C28H38N4O3S. The summed E-state index contributed by atoms with van der Waals surface area (Å²) in [6, 6.07) is 14.2. The van der Waals surface area contributed by atoms with Crippen LogP contribution in [0, 0.1) is 0 Å². The van der Waals surface area contributed by atoms with Gasteiger partial charge in [-0.25, -0.2) is 8.42 Å². The molecule has 194 valence electrons. The van der Waals surface area contributed by atoms with Crippen LogP contribution in [0.4, 0.5) is 11.4 Å². The van der Waals surface area contributed by atoms with Crippen molar-refractivity contribution in [2.75, 3.05) is 42.4 Å². The number of rotatable bonds is 11. The number of fused-ring (bicyclic) bond motifs is 1. The number of sulfonamides is 1. The van der Waals surface area contributed by atoms with E-state index in [0.29, 0.717) is 24.8 Å². The topological polar surface area (TPSA) is 89.6 Å². The standard InChI is InChI=1S/C28H38N4O3S/c1-2-19-36(33,34)30-22-11-9-21(10-12-22)28-27(29)25-14-13-24(20-26(25)32(28)23-7-5-8-23)35-18-6-17-31-15-3-4-16-31/h9-14,20,23,30H,2-8,15-19,29H2,1H3. The van der Waals surface area contributed by atoms with Gasteiger partial charge in [-0.1, -0.05) is 19.1 Å². The number of nitrogen functional groups attached to an aromatic ring is 1. The van der Waals surface area contributed by atoms with Gasteiger partial charge in [-0.2, -0.15) is 0 Å². The van der Waals surface area contributed by atoms with Crippen molar-refractivity contribution in [3.8, 4) is 17.0 Å². The minimum absolute atomic E-state index is 0.111. The molecule has 1 aromatic heterocycles. The highest BCUT2D eigenvalue weighted by molar-refractivity contribution is 7.92. The minimum atomic E-state index is -3.32. The van der Waals surface area contributed by atoms with Gasteiger partial charge in [-0.15, -0.1) is 0 Å². The lowest BCUT2D eigenvalue weighted by Gasteiger charge is -2.30. The highest BCUT2D eigenvalue weighted by Crippen LogP contribution is 2.45. The highest BCUT2D eigenvalue weighted by atomic mass is 32.2. The van der Waals surface area contributed by atoms with Crippen molar-refractivity contribution in [1.29, 1.82) is 0 Å². The van der Waals surface area contributed by atoms with Crippen LogP contribution in [0.1, 0.15) is 57.9 Å². The zero-order chi connectivity index (χ0) is 25.1. The van der Waals surface area contributed by atoms with E-state index in [2.05, 4.69) is 26.3 Å². The lowest BCUT2D eigenvalue weighted by molar-refractivity contribution is 0.263. The van der Waals surface area contributed by atoms with Crippen molar-refractivity contribution < 1.29 is 13.2 Å². The van der Waals surface area contributed by atoms with Gasteiger partial charge in [0.05, 0.1) is 29.3 Å². The molecule has 3 aromatic rings. The van der Waals surface area contributed by atoms with E-state index < -0.39 is 10.0 Å². The molecule has 2 heterocycles. The zero-order valence-corrected chi connectivity index (χ0v) is 22.0. The number of ether oxygens (including phenoxy) is 1. The van der Waals surface area contributed by atoms with Crippen molar-refractivity contribution in [3.63, 3.8) is 0 Å². The summed E-state index contributed by atoms with van der Waals surface area (Å²) in [5.74, 6) is 0.995. The number of hydrogen-bond donors (Lipinski definition) is 2. The molecule has 0 atom stereocenters. The van der Waals surface area contributed by atoms with Crippen LogP contribution in [0.15, 0.2) is 42.5 Å². The Morgan fingerprint density at radius 2 is 1.81 bits per heavy atom. The van der Waals surface area contributed by atoms with Gasteiger partial charge in [0.2, 0.25) is 10.0 Å². The predicted octanol–water partition coefficient (Wildman–Crippen LogP) is 5.63. The first-order valence-corrected chi connectivity index (χ1v) is 15.0. The number of nitrogens with two attached hydrogens (primary N) is 1. The first kappa shape index (κ1) is 25.0. The fraction of sp³-hybridized carbons (Fsp3) is 0.500. The van der Waals surface area contributed by atoms with Gasteiger partial charge in [0.15, 0.2) is 0 Å². The highest BCUT2D eigenvalue weighted by Gasteiger charge is 2.27. The Hall–Kier alpha value is -2.71. The van der Waals surface area contributed by atoms with E-state index in [0.717, 1.165) is 59.4 Å². The number of hydrogen-bond acceptors (Lipinski definition) is 5. The molecule has 8 heteroatoms. The van der Waals surface area contributed by atoms with Crippen LogP contribution in [0.25, 0.3) is 22.2 Å². The Bertz CT molecular complexity index is 1290. The number of likely N-dealkylation sites (tertiary alicyclic amines) is 1. The molecule has 0 unspecified atom stereocenters. The molecule has 2 fully saturated rings. The zero-order valence-electron chi connectivity index (χ0n) is 21.2. The fourth-order valence-corrected chi connectivity index (χ4v) is 6.54. The maximum Gasteiger partial charge on any atom is 0.232 e. The van der Waals surface area contributed by atoms with Gasteiger partial charge < -0.3 is 19.9 Å². The molecule has 2 aromatic carbocycles. The molecule has 1 saturated heterocycles. The van der Waals surface area contributed by atoms with E-state index in [4.69, 9.17) is 10.5 Å². The van der Waals surface area contributed by atoms with Crippen LogP contribution < -0.4 is 15.2 Å². The summed E-state index contributed by atoms with van der Waals surface area (Å²) in [4.78, 5) is 2.52. The number of aromatic nitrogens is 1. The molecule has 0 spiro atoms. The first-order chi connectivity index (χ1) is 17.4. The van der Waals surface area contributed by atoms with Crippen molar-refractivity contribution in [2.24, 2.45) is 0 Å². The van der Waals surface area contributed by atoms with Gasteiger partial charge in [-0.05, 0) is 82.3 Å². The summed E-state index contributed by atoms with van der Waals surface area (Å²) >= 11 is 0. The maximum absolute atomic E-state index is 12.2. The molecule has 0 bridgehead atoms. The van der Waals surface area contributed by atoms with E-state index >= 15 is 0 Å². The molecular weight excluding hydrogens is 472 g/mol. The Kier molecular flexibility index (Phi) is 7.44. The van der Waals surface area contributed by atoms with Gasteiger partial charge in [0.1, 0.15) is 5.75 Å². The van der Waals surface area contributed by atoms with Crippen LogP contribution in [-0.4, -0.2) is 49.9 Å². The van der Waals surface area contributed by atoms with E-state index in [9.17, 15) is 8.42 Å². The quantitative estimate of drug-likeness (QED) is 0.326. The molecule has 1 aliphatic heterocycles. The third kappa shape index (κ3) is 5.34. The lowest BCUT2D eigenvalue weighted by atomic mass is 9.92. The second-order valence-corrected chi connectivity index (χ2v) is 12.0. The monoisotopic (exact) mass is 510 g/mol. The molecule has 1 aliphatic carbocycles. The molecule has 1 saturated carbocycles. The Morgan fingerprint density at radius 3 is 2.47 bits per heavy atom. The van der Waals surface area contributed by atoms with Gasteiger partial charge in [0.25, 0.3) is 0 Å². The maximum atomic E-state index is 12.2. The number of nitrogens with zero attached hydrogens (tertiary/aromatic N) is 2. The Labute approximate surface area is 214 Å². The lowest BCUT2D eigenvalue weighted by Crippen LogP contribution is -2.21. The minimum Gasteiger partial charge on any atom is -0.493 e. The predicted molar refractivity (Wildman–Crippen MR) is 148 cm³/mol. The normalized spacial score (nSPS) is 16.9. The van der Waals surface area contributed by atoms with Crippen LogP contribution in [0.2, 0.25) is 0 Å². The smallest absolute Gasteiger partial charge is 0.232 e. The Morgan fingerprint density at radius 1 is 1.06 bits per heavy atom. The summed E-state index contributed by atoms with van der Waals surface area (Å²) in [5.41, 5.74) is 11.2. The average Bonchev–Trinajstić information content (AvgIpc) is 3.43. The number of nitrogens with one attached hydrogen (secondary N) is 1. The first-order valence-electron chi connectivity index (χ1n) is 13.3. The van der Waals surface area contributed by atoms with E-state index in [1.54, 1.807) is 0 Å². The van der Waals surface area contributed by atoms with Gasteiger partial charge >= 0.3 is 0 Å². The second kappa shape index (κ2) is 10.7. The van der Waals surface area contributed by atoms with Crippen LogP contribution >= 0.6 is 0 Å². The summed E-state index contributed by atoms with van der Waals surface area (Å²) in [7, 11) is -3.32. The van der Waals surface area contributed by atoms with Crippen molar-refractivity contribution in [2.45, 2.75) is 57.9 Å². The third-order valence-electron chi connectivity index (χ3n) is 7.45. The van der Waals surface area contributed by atoms with Crippen molar-refractivity contribution >= 4 is 32.3 Å². The van der Waals surface area contributed by atoms with Crippen molar-refractivity contribution in [3.05, 3.63) is 42.5 Å². The summed E-state index contributed by atoms with van der Waals surface area (Å²) in [6.45, 7) is 6.10. The summed E-state index contributed by atoms with van der Waals surface area (Å²) in [5, 5.41) is 1.04. The molecule has 2 aliphatic rings. The molecule has 0 amide bonds. The van der Waals surface area contributed by atoms with E-state index in [1.165, 1.54) is 32.4 Å². The Balaban J connectivity index is 1.39. The molecule has 5 rings (SSSR count). The fourth-order valence-electron chi connectivity index (χ4n) is 5.40. The van der Waals surface area contributed by atoms with E-state index in [-0.39, 0.29) is 5.75 Å². The average molecular weight is 511 g/mol. The molecule has 36 heavy (non-hydrogen) atoms. The SMILES string of the molecule is CCCS(=O)(=O)Nc1ccc(-c2c(N)c3ccc(OCCCN4CCCC4)cc3n2C2CCC2)cc1. The summed E-state index contributed by atoms with van der Waals surface area (Å²) < 4.78 is 35.5. The van der Waals surface area contributed by atoms with Crippen LogP contribution in [0.5, 0.6) is 5.75 Å². The van der Waals surface area contributed by atoms with Crippen LogP contribution in [0.3, 0.4) is 0 Å². The summed E-state index contributed by atoms with van der Waals surface area (Å²) in [6.07, 6.45) is 7.72. The number of benzene rings is 2. The van der Waals surface area contributed by atoms with Gasteiger partial charge in [0, 0.05) is 35.3 Å². The van der Waals surface area contributed by atoms with Crippen LogP contribution in [-0.2, 0) is 10.0 Å².